The Morgan fingerprint density at radius 2 is 1.89 bits per heavy atom. The molecule has 0 aliphatic rings. The van der Waals surface area contributed by atoms with Gasteiger partial charge in [0.25, 0.3) is 0 Å². The van der Waals surface area contributed by atoms with Gasteiger partial charge in [0.15, 0.2) is 0 Å². The van der Waals surface area contributed by atoms with Crippen molar-refractivity contribution in [1.29, 1.82) is 0 Å². The topological polar surface area (TPSA) is 58.3 Å². The molecule has 0 bridgehead atoms. The Balaban J connectivity index is 2.38. The van der Waals surface area contributed by atoms with E-state index in [-0.39, 0.29) is 12.5 Å². The van der Waals surface area contributed by atoms with Gasteiger partial charge in [-0.2, -0.15) is 0 Å². The Morgan fingerprint density at radius 1 is 1.22 bits per heavy atom. The summed E-state index contributed by atoms with van der Waals surface area (Å²) in [6.45, 7) is 4.99. The van der Waals surface area contributed by atoms with Crippen LogP contribution < -0.4 is 11.1 Å². The SMILES string of the molecule is CC(CO)C(C)NC(CN)CCc1ccccc1. The largest absolute Gasteiger partial charge is 0.396 e. The van der Waals surface area contributed by atoms with Crippen molar-refractivity contribution >= 4 is 0 Å². The molecule has 3 atom stereocenters. The Labute approximate surface area is 110 Å². The first-order chi connectivity index (χ1) is 8.67. The average Bonchev–Trinajstić information content (AvgIpc) is 2.43. The summed E-state index contributed by atoms with van der Waals surface area (Å²) in [5.74, 6) is 0.260. The molecule has 1 aromatic carbocycles. The van der Waals surface area contributed by atoms with E-state index in [1.807, 2.05) is 13.0 Å². The van der Waals surface area contributed by atoms with E-state index in [1.165, 1.54) is 5.56 Å². The minimum Gasteiger partial charge on any atom is -0.396 e. The zero-order valence-electron chi connectivity index (χ0n) is 11.5. The van der Waals surface area contributed by atoms with Crippen LogP contribution >= 0.6 is 0 Å². The van der Waals surface area contributed by atoms with E-state index < -0.39 is 0 Å². The Bertz CT molecular complexity index is 316. The number of rotatable bonds is 8. The van der Waals surface area contributed by atoms with Crippen LogP contribution in [0.2, 0.25) is 0 Å². The lowest BCUT2D eigenvalue weighted by atomic mass is 10.0. The molecule has 0 radical (unpaired) electrons. The lowest BCUT2D eigenvalue weighted by Gasteiger charge is -2.25. The second kappa shape index (κ2) is 8.25. The highest BCUT2D eigenvalue weighted by Gasteiger charge is 2.15. The van der Waals surface area contributed by atoms with Crippen LogP contribution in [0.25, 0.3) is 0 Å². The maximum Gasteiger partial charge on any atom is 0.0471 e. The third-order valence-electron chi connectivity index (χ3n) is 3.55. The molecule has 0 saturated carbocycles. The van der Waals surface area contributed by atoms with Gasteiger partial charge >= 0.3 is 0 Å². The molecule has 0 fully saturated rings. The number of hydrogen-bond donors (Lipinski definition) is 3. The monoisotopic (exact) mass is 250 g/mol. The van der Waals surface area contributed by atoms with Gasteiger partial charge < -0.3 is 16.2 Å². The Hall–Kier alpha value is -0.900. The van der Waals surface area contributed by atoms with Gasteiger partial charge in [-0.25, -0.2) is 0 Å². The summed E-state index contributed by atoms with van der Waals surface area (Å²) >= 11 is 0. The van der Waals surface area contributed by atoms with Gasteiger partial charge in [-0.3, -0.25) is 0 Å². The number of benzene rings is 1. The second-order valence-corrected chi connectivity index (χ2v) is 5.07. The predicted molar refractivity (Wildman–Crippen MR) is 76.5 cm³/mol. The smallest absolute Gasteiger partial charge is 0.0471 e. The molecule has 0 amide bonds. The van der Waals surface area contributed by atoms with Crippen molar-refractivity contribution in [2.45, 2.75) is 38.8 Å². The van der Waals surface area contributed by atoms with Gasteiger partial charge in [0.2, 0.25) is 0 Å². The summed E-state index contributed by atoms with van der Waals surface area (Å²) in [5, 5.41) is 12.6. The van der Waals surface area contributed by atoms with E-state index in [9.17, 15) is 0 Å². The number of aryl methyl sites for hydroxylation is 1. The molecule has 3 heteroatoms. The van der Waals surface area contributed by atoms with Crippen LogP contribution in [0.15, 0.2) is 30.3 Å². The first-order valence-corrected chi connectivity index (χ1v) is 6.78. The third-order valence-corrected chi connectivity index (χ3v) is 3.55. The number of aliphatic hydroxyl groups excluding tert-OH is 1. The zero-order chi connectivity index (χ0) is 13.4. The lowest BCUT2D eigenvalue weighted by Crippen LogP contribution is -2.45. The van der Waals surface area contributed by atoms with Gasteiger partial charge in [0.1, 0.15) is 0 Å². The minimum atomic E-state index is 0.212. The molecule has 0 aliphatic heterocycles. The van der Waals surface area contributed by atoms with Gasteiger partial charge in [-0.15, -0.1) is 0 Å². The number of nitrogens with two attached hydrogens (primary N) is 1. The molecule has 1 rings (SSSR count). The molecule has 3 nitrogen and oxygen atoms in total. The van der Waals surface area contributed by atoms with Crippen molar-refractivity contribution in [3.05, 3.63) is 35.9 Å². The fraction of sp³-hybridized carbons (Fsp3) is 0.600. The average molecular weight is 250 g/mol. The van der Waals surface area contributed by atoms with Crippen LogP contribution in [-0.2, 0) is 6.42 Å². The van der Waals surface area contributed by atoms with Gasteiger partial charge in [-0.05, 0) is 31.2 Å². The van der Waals surface area contributed by atoms with Crippen molar-refractivity contribution in [2.75, 3.05) is 13.2 Å². The van der Waals surface area contributed by atoms with Crippen LogP contribution in [0.4, 0.5) is 0 Å². The quantitative estimate of drug-likeness (QED) is 0.656. The summed E-state index contributed by atoms with van der Waals surface area (Å²) < 4.78 is 0. The summed E-state index contributed by atoms with van der Waals surface area (Å²) in [6, 6.07) is 11.1. The van der Waals surface area contributed by atoms with Crippen LogP contribution in [-0.4, -0.2) is 30.3 Å². The van der Waals surface area contributed by atoms with Crippen LogP contribution in [0.1, 0.15) is 25.8 Å². The van der Waals surface area contributed by atoms with E-state index in [1.54, 1.807) is 0 Å². The van der Waals surface area contributed by atoms with E-state index in [0.29, 0.717) is 18.6 Å². The third kappa shape index (κ3) is 5.17. The number of aliphatic hydroxyl groups is 1. The molecule has 3 unspecified atom stereocenters. The molecule has 1 aromatic rings. The highest BCUT2D eigenvalue weighted by atomic mass is 16.3. The zero-order valence-corrected chi connectivity index (χ0v) is 11.5. The molecule has 4 N–H and O–H groups in total. The second-order valence-electron chi connectivity index (χ2n) is 5.07. The summed E-state index contributed by atoms with van der Waals surface area (Å²) in [7, 11) is 0. The normalized spacial score (nSPS) is 16.2. The Kier molecular flexibility index (Phi) is 6.94. The summed E-state index contributed by atoms with van der Waals surface area (Å²) in [4.78, 5) is 0. The molecule has 0 saturated heterocycles. The maximum absolute atomic E-state index is 9.13. The van der Waals surface area contributed by atoms with Crippen molar-refractivity contribution in [1.82, 2.24) is 5.32 Å². The molecule has 0 heterocycles. The van der Waals surface area contributed by atoms with E-state index in [4.69, 9.17) is 10.8 Å². The standard InChI is InChI=1S/C15H26N2O/c1-12(11-18)13(2)17-15(10-16)9-8-14-6-4-3-5-7-14/h3-7,12-13,15,17-18H,8-11,16H2,1-2H3. The molecule has 0 aliphatic carbocycles. The molecule has 18 heavy (non-hydrogen) atoms. The van der Waals surface area contributed by atoms with Crippen molar-refractivity contribution in [3.8, 4) is 0 Å². The maximum atomic E-state index is 9.13. The highest BCUT2D eigenvalue weighted by molar-refractivity contribution is 5.14. The minimum absolute atomic E-state index is 0.212. The fourth-order valence-electron chi connectivity index (χ4n) is 1.95. The van der Waals surface area contributed by atoms with Crippen molar-refractivity contribution in [3.63, 3.8) is 0 Å². The van der Waals surface area contributed by atoms with Crippen molar-refractivity contribution < 1.29 is 5.11 Å². The van der Waals surface area contributed by atoms with Gasteiger partial charge in [-0.1, -0.05) is 37.3 Å². The van der Waals surface area contributed by atoms with Crippen LogP contribution in [0.5, 0.6) is 0 Å². The van der Waals surface area contributed by atoms with Crippen molar-refractivity contribution in [2.24, 2.45) is 11.7 Å². The summed E-state index contributed by atoms with van der Waals surface area (Å²) in [5.41, 5.74) is 7.15. The molecule has 102 valence electrons. The molecular weight excluding hydrogens is 224 g/mol. The molecular formula is C15H26N2O. The number of nitrogens with one attached hydrogen (secondary N) is 1. The lowest BCUT2D eigenvalue weighted by molar-refractivity contribution is 0.200. The van der Waals surface area contributed by atoms with E-state index in [0.717, 1.165) is 12.8 Å². The predicted octanol–water partition coefficient (Wildman–Crippen LogP) is 1.55. The van der Waals surface area contributed by atoms with Gasteiger partial charge in [0.05, 0.1) is 0 Å². The highest BCUT2D eigenvalue weighted by Crippen LogP contribution is 2.07. The number of hydrogen-bond acceptors (Lipinski definition) is 3. The van der Waals surface area contributed by atoms with Gasteiger partial charge in [0, 0.05) is 25.2 Å². The summed E-state index contributed by atoms with van der Waals surface area (Å²) in [6.07, 6.45) is 2.07. The first-order valence-electron chi connectivity index (χ1n) is 6.78. The van der Waals surface area contributed by atoms with Crippen LogP contribution in [0, 0.1) is 5.92 Å². The molecule has 0 spiro atoms. The van der Waals surface area contributed by atoms with E-state index in [2.05, 4.69) is 36.5 Å². The fourth-order valence-corrected chi connectivity index (χ4v) is 1.95. The molecule has 0 aromatic heterocycles. The Morgan fingerprint density at radius 3 is 2.44 bits per heavy atom. The first kappa shape index (κ1) is 15.2. The van der Waals surface area contributed by atoms with Crippen LogP contribution in [0.3, 0.4) is 0 Å². The van der Waals surface area contributed by atoms with E-state index >= 15 is 0 Å².